The Morgan fingerprint density at radius 2 is 1.40 bits per heavy atom. The molecule has 3 nitrogen and oxygen atoms in total. The number of carbonyl (C=O) groups is 2. The quantitative estimate of drug-likeness (QED) is 0.538. The van der Waals surface area contributed by atoms with Crippen LogP contribution >= 0.6 is 0 Å². The molecule has 0 amide bonds. The minimum absolute atomic E-state index is 0.116. The number of rotatable bonds is 1. The number of benzene rings is 1. The maximum Gasteiger partial charge on any atom is 0.320 e. The van der Waals surface area contributed by atoms with Crippen molar-refractivity contribution in [1.29, 1.82) is 0 Å². The maximum atomic E-state index is 13.8. The van der Waals surface area contributed by atoms with Gasteiger partial charge in [-0.25, -0.2) is 4.39 Å². The van der Waals surface area contributed by atoms with Gasteiger partial charge in [0.15, 0.2) is 5.78 Å². The lowest BCUT2D eigenvalue weighted by Crippen LogP contribution is -2.58. The van der Waals surface area contributed by atoms with Gasteiger partial charge in [-0.15, -0.1) is 0 Å². The Labute approximate surface area is 147 Å². The normalized spacial score (nSPS) is 28.1. The van der Waals surface area contributed by atoms with Crippen molar-refractivity contribution in [2.75, 3.05) is 0 Å². The first-order valence-corrected chi connectivity index (χ1v) is 9.60. The number of esters is 1. The molecule has 4 heteroatoms. The molecule has 0 radical (unpaired) electrons. The second-order valence-corrected chi connectivity index (χ2v) is 8.03. The van der Waals surface area contributed by atoms with Crippen LogP contribution in [0.5, 0.6) is 0 Å². The molecule has 1 aliphatic heterocycles. The molecule has 1 aromatic rings. The van der Waals surface area contributed by atoms with Crippen LogP contribution in [0.15, 0.2) is 24.3 Å². The molecule has 0 N–H and O–H groups in total. The van der Waals surface area contributed by atoms with Gasteiger partial charge in [0.2, 0.25) is 0 Å². The van der Waals surface area contributed by atoms with E-state index in [0.29, 0.717) is 12.8 Å². The van der Waals surface area contributed by atoms with Gasteiger partial charge in [-0.1, -0.05) is 50.7 Å². The van der Waals surface area contributed by atoms with E-state index in [0.717, 1.165) is 56.9 Å². The van der Waals surface area contributed by atoms with Gasteiger partial charge in [0.05, 0.1) is 5.41 Å². The van der Waals surface area contributed by atoms with Crippen molar-refractivity contribution >= 4 is 11.8 Å². The molecule has 1 atom stereocenters. The fraction of sp³-hybridized carbons (Fsp3) is 0.619. The van der Waals surface area contributed by atoms with Gasteiger partial charge in [-0.2, -0.15) is 0 Å². The van der Waals surface area contributed by atoms with E-state index in [1.165, 1.54) is 12.1 Å². The molecule has 134 valence electrons. The standard InChI is InChI=1S/C21H25FO3/c22-16-9-7-15(8-10-16)17-20(11-3-1-4-12-20)18(23)21(19(24)25-17)13-5-2-6-14-21/h7-10,17H,1-6,11-14H2/t17-/m1/s1. The van der Waals surface area contributed by atoms with E-state index in [1.54, 1.807) is 12.1 Å². The first-order valence-electron chi connectivity index (χ1n) is 9.60. The third-order valence-electron chi connectivity index (χ3n) is 6.63. The summed E-state index contributed by atoms with van der Waals surface area (Å²) in [5.41, 5.74) is -0.802. The predicted octanol–water partition coefficient (Wildman–Crippen LogP) is 4.89. The van der Waals surface area contributed by atoms with Crippen LogP contribution in [0.3, 0.4) is 0 Å². The lowest BCUT2D eigenvalue weighted by molar-refractivity contribution is -0.198. The highest BCUT2D eigenvalue weighted by Gasteiger charge is 2.63. The van der Waals surface area contributed by atoms with Gasteiger partial charge in [0.1, 0.15) is 17.3 Å². The summed E-state index contributed by atoms with van der Waals surface area (Å²) in [7, 11) is 0. The fourth-order valence-electron chi connectivity index (χ4n) is 5.30. The van der Waals surface area contributed by atoms with E-state index in [2.05, 4.69) is 0 Å². The zero-order chi connectivity index (χ0) is 17.5. The van der Waals surface area contributed by atoms with Gasteiger partial charge < -0.3 is 4.74 Å². The monoisotopic (exact) mass is 344 g/mol. The molecule has 1 heterocycles. The Hall–Kier alpha value is -1.71. The zero-order valence-corrected chi connectivity index (χ0v) is 14.6. The van der Waals surface area contributed by atoms with Crippen molar-refractivity contribution in [3.8, 4) is 0 Å². The summed E-state index contributed by atoms with van der Waals surface area (Å²) in [6.07, 6.45) is 8.21. The largest absolute Gasteiger partial charge is 0.456 e. The summed E-state index contributed by atoms with van der Waals surface area (Å²) in [5.74, 6) is -0.550. The second-order valence-electron chi connectivity index (χ2n) is 8.03. The molecule has 0 unspecified atom stereocenters. The molecule has 2 aliphatic carbocycles. The minimum atomic E-state index is -0.924. The Kier molecular flexibility index (Phi) is 4.17. The van der Waals surface area contributed by atoms with E-state index in [-0.39, 0.29) is 17.6 Å². The average molecular weight is 344 g/mol. The molecule has 3 aliphatic rings. The highest BCUT2D eigenvalue weighted by molar-refractivity contribution is 6.09. The Morgan fingerprint density at radius 1 is 0.840 bits per heavy atom. The summed E-state index contributed by atoms with van der Waals surface area (Å²) >= 11 is 0. The van der Waals surface area contributed by atoms with Crippen molar-refractivity contribution < 1.29 is 18.7 Å². The molecule has 25 heavy (non-hydrogen) atoms. The SMILES string of the molecule is O=C1O[C@H](c2ccc(F)cc2)C2(CCCCC2)C(=O)C12CCCCC2. The fourth-order valence-corrected chi connectivity index (χ4v) is 5.30. The Bertz CT molecular complexity index is 667. The van der Waals surface area contributed by atoms with Gasteiger partial charge >= 0.3 is 5.97 Å². The number of cyclic esters (lactones) is 1. The number of hydrogen-bond acceptors (Lipinski definition) is 3. The van der Waals surface area contributed by atoms with Crippen molar-refractivity contribution in [3.63, 3.8) is 0 Å². The number of halogens is 1. The smallest absolute Gasteiger partial charge is 0.320 e. The number of Topliss-reactive ketones (excluding diaryl/α,β-unsaturated/α-hetero) is 1. The number of ketones is 1. The Balaban J connectivity index is 1.78. The summed E-state index contributed by atoms with van der Waals surface area (Å²) in [6.45, 7) is 0. The van der Waals surface area contributed by atoms with Crippen LogP contribution in [-0.2, 0) is 14.3 Å². The highest BCUT2D eigenvalue weighted by atomic mass is 19.1. The number of hydrogen-bond donors (Lipinski definition) is 0. The molecule has 3 fully saturated rings. The zero-order valence-electron chi connectivity index (χ0n) is 14.6. The van der Waals surface area contributed by atoms with Gasteiger partial charge in [0, 0.05) is 0 Å². The van der Waals surface area contributed by atoms with Crippen LogP contribution in [0.25, 0.3) is 0 Å². The molecule has 2 spiro atoms. The van der Waals surface area contributed by atoms with Gasteiger partial charge in [-0.05, 0) is 43.4 Å². The predicted molar refractivity (Wildman–Crippen MR) is 91.3 cm³/mol. The van der Waals surface area contributed by atoms with Crippen LogP contribution in [0.1, 0.15) is 75.9 Å². The lowest BCUT2D eigenvalue weighted by Gasteiger charge is -2.52. The van der Waals surface area contributed by atoms with Crippen LogP contribution in [-0.4, -0.2) is 11.8 Å². The van der Waals surface area contributed by atoms with Crippen LogP contribution in [0.2, 0.25) is 0 Å². The van der Waals surface area contributed by atoms with Crippen molar-refractivity contribution in [2.24, 2.45) is 10.8 Å². The summed E-state index contributed by atoms with van der Waals surface area (Å²) < 4.78 is 19.3. The first kappa shape index (κ1) is 16.7. The third kappa shape index (κ3) is 2.52. The van der Waals surface area contributed by atoms with Crippen molar-refractivity contribution in [3.05, 3.63) is 35.6 Å². The average Bonchev–Trinajstić information content (AvgIpc) is 2.66. The molecule has 4 rings (SSSR count). The molecule has 2 saturated carbocycles. The van der Waals surface area contributed by atoms with E-state index in [9.17, 15) is 14.0 Å². The topological polar surface area (TPSA) is 43.4 Å². The van der Waals surface area contributed by atoms with Gasteiger partial charge in [0.25, 0.3) is 0 Å². The molecule has 0 bridgehead atoms. The summed E-state index contributed by atoms with van der Waals surface area (Å²) in [4.78, 5) is 26.7. The molecular weight excluding hydrogens is 319 g/mol. The van der Waals surface area contributed by atoms with Crippen molar-refractivity contribution in [2.45, 2.75) is 70.3 Å². The van der Waals surface area contributed by atoms with E-state index >= 15 is 0 Å². The lowest BCUT2D eigenvalue weighted by atomic mass is 9.55. The van der Waals surface area contributed by atoms with E-state index < -0.39 is 16.9 Å². The minimum Gasteiger partial charge on any atom is -0.456 e. The summed E-state index contributed by atoms with van der Waals surface area (Å²) in [6, 6.07) is 6.09. The van der Waals surface area contributed by atoms with Crippen LogP contribution in [0.4, 0.5) is 4.39 Å². The third-order valence-corrected chi connectivity index (χ3v) is 6.63. The number of carbonyl (C=O) groups excluding carboxylic acids is 2. The Morgan fingerprint density at radius 3 is 2.00 bits per heavy atom. The highest BCUT2D eigenvalue weighted by Crippen LogP contribution is 2.58. The molecule has 1 saturated heterocycles. The summed E-state index contributed by atoms with van der Waals surface area (Å²) in [5, 5.41) is 0. The second kappa shape index (κ2) is 6.22. The van der Waals surface area contributed by atoms with Crippen molar-refractivity contribution in [1.82, 2.24) is 0 Å². The maximum absolute atomic E-state index is 13.8. The van der Waals surface area contributed by atoms with E-state index in [1.807, 2.05) is 0 Å². The first-order chi connectivity index (χ1) is 12.1. The van der Waals surface area contributed by atoms with E-state index in [4.69, 9.17) is 4.74 Å². The van der Waals surface area contributed by atoms with Gasteiger partial charge in [-0.3, -0.25) is 9.59 Å². The van der Waals surface area contributed by atoms with Crippen LogP contribution < -0.4 is 0 Å². The number of ether oxygens (including phenoxy) is 1. The molecular formula is C21H25FO3. The molecule has 1 aromatic carbocycles. The van der Waals surface area contributed by atoms with Crippen LogP contribution in [0, 0.1) is 16.6 Å². The molecule has 0 aromatic heterocycles.